The van der Waals surface area contributed by atoms with Gasteiger partial charge in [0.25, 0.3) is 0 Å². The van der Waals surface area contributed by atoms with Gasteiger partial charge in [-0.15, -0.1) is 0 Å². The van der Waals surface area contributed by atoms with Crippen LogP contribution in [-0.4, -0.2) is 30.0 Å². The normalized spacial score (nSPS) is 12.9. The Labute approximate surface area is 154 Å². The van der Waals surface area contributed by atoms with Gasteiger partial charge in [0.05, 0.1) is 0 Å². The molecule has 0 spiro atoms. The summed E-state index contributed by atoms with van der Waals surface area (Å²) in [6.45, 7) is 5.89. The third-order valence-electron chi connectivity index (χ3n) is 3.77. The molecule has 0 aromatic heterocycles. The molecular weight excluding hydrogens is 334 g/mol. The predicted octanol–water partition coefficient (Wildman–Crippen LogP) is 2.10. The zero-order chi connectivity index (χ0) is 19.5. The first-order valence-electron chi connectivity index (χ1n) is 8.90. The van der Waals surface area contributed by atoms with E-state index in [1.165, 1.54) is 0 Å². The Hall–Kier alpha value is -2.57. The van der Waals surface area contributed by atoms with Crippen molar-refractivity contribution in [2.75, 3.05) is 0 Å². The molecule has 1 aromatic rings. The largest absolute Gasteiger partial charge is 0.445 e. The van der Waals surface area contributed by atoms with Crippen LogP contribution in [0, 0.1) is 5.92 Å². The number of alkyl carbamates (subject to hydrolysis) is 1. The van der Waals surface area contributed by atoms with Crippen molar-refractivity contribution in [3.8, 4) is 0 Å². The quantitative estimate of drug-likeness (QED) is 0.591. The molecule has 7 nitrogen and oxygen atoms in total. The highest BCUT2D eigenvalue weighted by atomic mass is 16.5. The van der Waals surface area contributed by atoms with E-state index in [0.717, 1.165) is 5.56 Å². The van der Waals surface area contributed by atoms with Gasteiger partial charge in [-0.2, -0.15) is 0 Å². The third kappa shape index (κ3) is 8.00. The number of primary amides is 1. The summed E-state index contributed by atoms with van der Waals surface area (Å²) >= 11 is 0. The zero-order valence-corrected chi connectivity index (χ0v) is 15.7. The number of amides is 3. The van der Waals surface area contributed by atoms with Crippen LogP contribution in [0.4, 0.5) is 4.79 Å². The molecule has 7 heteroatoms. The van der Waals surface area contributed by atoms with Crippen molar-refractivity contribution in [2.24, 2.45) is 11.7 Å². The summed E-state index contributed by atoms with van der Waals surface area (Å²) in [5, 5.41) is 5.20. The fourth-order valence-electron chi connectivity index (χ4n) is 2.46. The fourth-order valence-corrected chi connectivity index (χ4v) is 2.46. The SMILES string of the molecule is CCC[C@H](NC(=O)[C@H](CC(C)C)NC(=O)OCc1ccccc1)C(N)=O. The van der Waals surface area contributed by atoms with Crippen LogP contribution in [0.15, 0.2) is 30.3 Å². The maximum Gasteiger partial charge on any atom is 0.408 e. The average molecular weight is 363 g/mol. The first kappa shape index (κ1) is 21.5. The maximum absolute atomic E-state index is 12.5. The monoisotopic (exact) mass is 363 g/mol. The number of hydrogen-bond donors (Lipinski definition) is 3. The van der Waals surface area contributed by atoms with Gasteiger partial charge in [0, 0.05) is 0 Å². The summed E-state index contributed by atoms with van der Waals surface area (Å²) in [6.07, 6.45) is 0.897. The predicted molar refractivity (Wildman–Crippen MR) is 99.0 cm³/mol. The minimum atomic E-state index is -0.794. The Morgan fingerprint density at radius 2 is 1.73 bits per heavy atom. The molecule has 0 fully saturated rings. The molecule has 0 saturated heterocycles. The van der Waals surface area contributed by atoms with E-state index in [9.17, 15) is 14.4 Å². The summed E-state index contributed by atoms with van der Waals surface area (Å²) in [7, 11) is 0. The zero-order valence-electron chi connectivity index (χ0n) is 15.7. The number of carbonyl (C=O) groups is 3. The van der Waals surface area contributed by atoms with Gasteiger partial charge in [0.2, 0.25) is 11.8 Å². The highest BCUT2D eigenvalue weighted by Gasteiger charge is 2.26. The first-order chi connectivity index (χ1) is 12.3. The second kappa shape index (κ2) is 11.1. The maximum atomic E-state index is 12.5. The van der Waals surface area contributed by atoms with E-state index < -0.39 is 30.0 Å². The van der Waals surface area contributed by atoms with E-state index >= 15 is 0 Å². The van der Waals surface area contributed by atoms with Crippen molar-refractivity contribution >= 4 is 17.9 Å². The molecule has 2 atom stereocenters. The highest BCUT2D eigenvalue weighted by molar-refractivity contribution is 5.90. The van der Waals surface area contributed by atoms with Crippen molar-refractivity contribution in [3.63, 3.8) is 0 Å². The van der Waals surface area contributed by atoms with Gasteiger partial charge >= 0.3 is 6.09 Å². The second-order valence-corrected chi connectivity index (χ2v) is 6.64. The van der Waals surface area contributed by atoms with Crippen molar-refractivity contribution in [1.29, 1.82) is 0 Å². The molecule has 0 aliphatic rings. The first-order valence-corrected chi connectivity index (χ1v) is 8.90. The molecular formula is C19H29N3O4. The smallest absolute Gasteiger partial charge is 0.408 e. The number of carbonyl (C=O) groups excluding carboxylic acids is 3. The minimum Gasteiger partial charge on any atom is -0.445 e. The van der Waals surface area contributed by atoms with Gasteiger partial charge in [0.1, 0.15) is 18.7 Å². The van der Waals surface area contributed by atoms with Crippen LogP contribution >= 0.6 is 0 Å². The standard InChI is InChI=1S/C19H29N3O4/c1-4-8-15(17(20)23)21-18(24)16(11-13(2)3)22-19(25)26-12-14-9-6-5-7-10-14/h5-7,9-10,13,15-16H,4,8,11-12H2,1-3H3,(H2,20,23)(H,21,24)(H,22,25)/t15-,16-/m0/s1. The van der Waals surface area contributed by atoms with Crippen LogP contribution < -0.4 is 16.4 Å². The molecule has 0 unspecified atom stereocenters. The van der Waals surface area contributed by atoms with Crippen molar-refractivity contribution < 1.29 is 19.1 Å². The van der Waals surface area contributed by atoms with Gasteiger partial charge in [-0.3, -0.25) is 9.59 Å². The Bertz CT molecular complexity index is 590. The van der Waals surface area contributed by atoms with Crippen molar-refractivity contribution in [3.05, 3.63) is 35.9 Å². The summed E-state index contributed by atoms with van der Waals surface area (Å²) in [4.78, 5) is 36.0. The number of ether oxygens (including phenoxy) is 1. The molecule has 0 aliphatic carbocycles. The van der Waals surface area contributed by atoms with E-state index in [1.54, 1.807) is 0 Å². The molecule has 0 radical (unpaired) electrons. The van der Waals surface area contributed by atoms with Crippen LogP contribution in [0.1, 0.15) is 45.6 Å². The number of rotatable bonds is 10. The minimum absolute atomic E-state index is 0.114. The van der Waals surface area contributed by atoms with E-state index in [2.05, 4.69) is 10.6 Å². The molecule has 3 amide bonds. The van der Waals surface area contributed by atoms with Crippen LogP contribution in [0.3, 0.4) is 0 Å². The molecule has 0 aliphatic heterocycles. The lowest BCUT2D eigenvalue weighted by Crippen LogP contribution is -2.53. The second-order valence-electron chi connectivity index (χ2n) is 6.64. The van der Waals surface area contributed by atoms with E-state index in [-0.39, 0.29) is 12.5 Å². The number of nitrogens with two attached hydrogens (primary N) is 1. The fraction of sp³-hybridized carbons (Fsp3) is 0.526. The topological polar surface area (TPSA) is 111 Å². The molecule has 0 bridgehead atoms. The van der Waals surface area contributed by atoms with Crippen LogP contribution in [-0.2, 0) is 20.9 Å². The molecule has 26 heavy (non-hydrogen) atoms. The van der Waals surface area contributed by atoms with Gasteiger partial charge in [-0.1, -0.05) is 57.5 Å². The molecule has 0 heterocycles. The molecule has 144 valence electrons. The van der Waals surface area contributed by atoms with Crippen LogP contribution in [0.2, 0.25) is 0 Å². The Kier molecular flexibility index (Phi) is 9.19. The van der Waals surface area contributed by atoms with Gasteiger partial charge in [-0.25, -0.2) is 4.79 Å². The Balaban J connectivity index is 2.65. The lowest BCUT2D eigenvalue weighted by atomic mass is 10.0. The van der Waals surface area contributed by atoms with Crippen molar-refractivity contribution in [1.82, 2.24) is 10.6 Å². The molecule has 1 aromatic carbocycles. The lowest BCUT2D eigenvalue weighted by molar-refractivity contribution is -0.129. The molecule has 1 rings (SSSR count). The summed E-state index contributed by atoms with van der Waals surface area (Å²) in [5.41, 5.74) is 6.17. The lowest BCUT2D eigenvalue weighted by Gasteiger charge is -2.22. The van der Waals surface area contributed by atoms with Gasteiger partial charge in [0.15, 0.2) is 0 Å². The Morgan fingerprint density at radius 3 is 2.27 bits per heavy atom. The van der Waals surface area contributed by atoms with Gasteiger partial charge < -0.3 is 21.1 Å². The third-order valence-corrected chi connectivity index (χ3v) is 3.77. The van der Waals surface area contributed by atoms with E-state index in [0.29, 0.717) is 19.3 Å². The van der Waals surface area contributed by atoms with Gasteiger partial charge in [-0.05, 0) is 24.3 Å². The molecule has 4 N–H and O–H groups in total. The summed E-state index contributed by atoms with van der Waals surface area (Å²) in [5.74, 6) is -0.860. The summed E-state index contributed by atoms with van der Waals surface area (Å²) < 4.78 is 5.17. The van der Waals surface area contributed by atoms with Crippen LogP contribution in [0.5, 0.6) is 0 Å². The summed E-state index contributed by atoms with van der Waals surface area (Å²) in [6, 6.07) is 7.72. The van der Waals surface area contributed by atoms with Crippen LogP contribution in [0.25, 0.3) is 0 Å². The average Bonchev–Trinajstić information content (AvgIpc) is 2.59. The number of hydrogen-bond acceptors (Lipinski definition) is 4. The Morgan fingerprint density at radius 1 is 1.08 bits per heavy atom. The van der Waals surface area contributed by atoms with E-state index in [4.69, 9.17) is 10.5 Å². The van der Waals surface area contributed by atoms with E-state index in [1.807, 2.05) is 51.1 Å². The number of benzene rings is 1. The number of nitrogens with one attached hydrogen (secondary N) is 2. The highest BCUT2D eigenvalue weighted by Crippen LogP contribution is 2.08. The molecule has 0 saturated carbocycles. The van der Waals surface area contributed by atoms with Crippen molar-refractivity contribution in [2.45, 2.75) is 58.7 Å².